The Labute approximate surface area is 171 Å². The number of ether oxygens (including phenoxy) is 2. The second-order valence-corrected chi connectivity index (χ2v) is 9.83. The highest BCUT2D eigenvalue weighted by Gasteiger charge is 2.39. The average Bonchev–Trinajstić information content (AvgIpc) is 2.70. The summed E-state index contributed by atoms with van der Waals surface area (Å²) >= 11 is 3.84. The number of aliphatic hydroxyl groups excluding tert-OH is 1. The number of rotatable bonds is 11. The summed E-state index contributed by atoms with van der Waals surface area (Å²) in [6, 6.07) is 7.81. The fourth-order valence-corrected chi connectivity index (χ4v) is 6.67. The third-order valence-corrected chi connectivity index (χ3v) is 8.44. The van der Waals surface area contributed by atoms with Crippen LogP contribution in [0.25, 0.3) is 0 Å². The van der Waals surface area contributed by atoms with Crippen LogP contribution in [0.5, 0.6) is 5.75 Å². The molecule has 0 amide bonds. The number of hydrogen-bond donors (Lipinski definition) is 1. The monoisotopic (exact) mass is 410 g/mol. The number of aliphatic hydroxyl groups is 1. The highest BCUT2D eigenvalue weighted by molar-refractivity contribution is 8.18. The standard InChI is InChI=1S/C21H30O4S2/c1-17(5-3-11-22)21(26-13-4-14-27-21)15-19(23)10-12-25-16-18-6-8-20(24-2)9-7-18/h3,5-9,11,17,19,23H,4,10,12-16H2,1-2H3/b5-3-/t17-,19-/m1/s1. The van der Waals surface area contributed by atoms with Gasteiger partial charge in [0.2, 0.25) is 0 Å². The van der Waals surface area contributed by atoms with E-state index in [0.29, 0.717) is 26.1 Å². The molecule has 1 aromatic rings. The molecule has 1 fully saturated rings. The number of benzene rings is 1. The Morgan fingerprint density at radius 2 is 1.96 bits per heavy atom. The molecule has 1 N–H and O–H groups in total. The highest BCUT2D eigenvalue weighted by Crippen LogP contribution is 2.51. The fourth-order valence-electron chi connectivity index (χ4n) is 3.08. The summed E-state index contributed by atoms with van der Waals surface area (Å²) in [5.41, 5.74) is 1.09. The van der Waals surface area contributed by atoms with E-state index in [1.807, 2.05) is 53.9 Å². The number of aldehydes is 1. The van der Waals surface area contributed by atoms with E-state index < -0.39 is 6.10 Å². The van der Waals surface area contributed by atoms with Gasteiger partial charge in [-0.05, 0) is 60.5 Å². The van der Waals surface area contributed by atoms with Crippen molar-refractivity contribution in [1.82, 2.24) is 0 Å². The van der Waals surface area contributed by atoms with Gasteiger partial charge in [0.05, 0.1) is 23.9 Å². The Balaban J connectivity index is 1.79. The van der Waals surface area contributed by atoms with Crippen LogP contribution in [0.2, 0.25) is 0 Å². The number of methoxy groups -OCH3 is 1. The van der Waals surface area contributed by atoms with Gasteiger partial charge in [0.25, 0.3) is 0 Å². The number of carbonyl (C=O) groups is 1. The Kier molecular flexibility index (Phi) is 9.76. The summed E-state index contributed by atoms with van der Waals surface area (Å²) < 4.78 is 10.8. The summed E-state index contributed by atoms with van der Waals surface area (Å²) in [5.74, 6) is 3.27. The van der Waals surface area contributed by atoms with Crippen molar-refractivity contribution in [3.8, 4) is 5.75 Å². The zero-order valence-electron chi connectivity index (χ0n) is 16.1. The first-order valence-corrected chi connectivity index (χ1v) is 11.4. The summed E-state index contributed by atoms with van der Waals surface area (Å²) in [7, 11) is 1.65. The van der Waals surface area contributed by atoms with Crippen LogP contribution in [-0.4, -0.2) is 46.8 Å². The molecule has 1 heterocycles. The van der Waals surface area contributed by atoms with Gasteiger partial charge in [0.15, 0.2) is 0 Å². The summed E-state index contributed by atoms with van der Waals surface area (Å²) in [5, 5.41) is 10.6. The molecule has 27 heavy (non-hydrogen) atoms. The van der Waals surface area contributed by atoms with Crippen molar-refractivity contribution in [2.75, 3.05) is 25.2 Å². The third-order valence-electron chi connectivity index (χ3n) is 4.70. The quantitative estimate of drug-likeness (QED) is 0.333. The number of hydrogen-bond acceptors (Lipinski definition) is 6. The molecule has 1 aromatic carbocycles. The molecule has 1 aliphatic heterocycles. The SMILES string of the molecule is COc1ccc(COCC[C@@H](O)CC2([C@H](C)/C=C\C=O)SCCCS2)cc1. The minimum atomic E-state index is -0.411. The molecular weight excluding hydrogens is 380 g/mol. The molecule has 0 bridgehead atoms. The average molecular weight is 411 g/mol. The van der Waals surface area contributed by atoms with Crippen LogP contribution >= 0.6 is 23.5 Å². The van der Waals surface area contributed by atoms with E-state index in [1.54, 1.807) is 13.2 Å². The van der Waals surface area contributed by atoms with Crippen LogP contribution in [-0.2, 0) is 16.1 Å². The minimum absolute atomic E-state index is 0.0623. The molecule has 1 aliphatic rings. The van der Waals surface area contributed by atoms with Crippen LogP contribution in [0, 0.1) is 5.92 Å². The fraction of sp³-hybridized carbons (Fsp3) is 0.571. The number of carbonyl (C=O) groups excluding carboxylic acids is 1. The normalized spacial score (nSPS) is 18.9. The highest BCUT2D eigenvalue weighted by atomic mass is 32.2. The molecular formula is C21H30O4S2. The van der Waals surface area contributed by atoms with E-state index in [4.69, 9.17) is 9.47 Å². The van der Waals surface area contributed by atoms with Gasteiger partial charge < -0.3 is 14.6 Å². The van der Waals surface area contributed by atoms with Crippen molar-refractivity contribution in [2.24, 2.45) is 5.92 Å². The van der Waals surface area contributed by atoms with Gasteiger partial charge in [-0.15, -0.1) is 23.5 Å². The van der Waals surface area contributed by atoms with E-state index >= 15 is 0 Å². The first-order valence-electron chi connectivity index (χ1n) is 9.38. The molecule has 0 aromatic heterocycles. The van der Waals surface area contributed by atoms with Crippen molar-refractivity contribution < 1.29 is 19.4 Å². The third kappa shape index (κ3) is 7.18. The van der Waals surface area contributed by atoms with E-state index in [1.165, 1.54) is 6.42 Å². The molecule has 0 unspecified atom stereocenters. The lowest BCUT2D eigenvalue weighted by atomic mass is 9.99. The maximum Gasteiger partial charge on any atom is 0.142 e. The molecule has 0 aliphatic carbocycles. The number of allylic oxidation sites excluding steroid dienone is 2. The Morgan fingerprint density at radius 1 is 1.26 bits per heavy atom. The van der Waals surface area contributed by atoms with E-state index in [-0.39, 0.29) is 10.00 Å². The van der Waals surface area contributed by atoms with Crippen molar-refractivity contribution in [2.45, 2.75) is 43.0 Å². The van der Waals surface area contributed by atoms with Crippen molar-refractivity contribution in [3.05, 3.63) is 42.0 Å². The van der Waals surface area contributed by atoms with Crippen LogP contribution in [0.4, 0.5) is 0 Å². The van der Waals surface area contributed by atoms with Gasteiger partial charge in [0, 0.05) is 6.61 Å². The summed E-state index contributed by atoms with van der Waals surface area (Å²) in [6.07, 6.45) is 6.47. The predicted molar refractivity (Wildman–Crippen MR) is 115 cm³/mol. The van der Waals surface area contributed by atoms with Crippen molar-refractivity contribution in [3.63, 3.8) is 0 Å². The Hall–Kier alpha value is -0.950. The zero-order chi connectivity index (χ0) is 19.5. The van der Waals surface area contributed by atoms with Gasteiger partial charge in [-0.25, -0.2) is 0 Å². The maximum atomic E-state index is 10.7. The summed E-state index contributed by atoms with van der Waals surface area (Å²) in [4.78, 5) is 10.7. The van der Waals surface area contributed by atoms with Crippen LogP contribution in [0.1, 0.15) is 31.7 Å². The summed E-state index contributed by atoms with van der Waals surface area (Å²) in [6.45, 7) is 3.19. The van der Waals surface area contributed by atoms with Gasteiger partial charge in [-0.2, -0.15) is 0 Å². The van der Waals surface area contributed by atoms with Crippen LogP contribution in [0.3, 0.4) is 0 Å². The van der Waals surface area contributed by atoms with Crippen molar-refractivity contribution in [1.29, 1.82) is 0 Å². The maximum absolute atomic E-state index is 10.7. The molecule has 1 saturated heterocycles. The second kappa shape index (κ2) is 11.8. The second-order valence-electron chi connectivity index (χ2n) is 6.72. The van der Waals surface area contributed by atoms with E-state index in [2.05, 4.69) is 6.92 Å². The molecule has 6 heteroatoms. The molecule has 0 radical (unpaired) electrons. The van der Waals surface area contributed by atoms with E-state index in [9.17, 15) is 9.90 Å². The Bertz CT molecular complexity index is 582. The molecule has 4 nitrogen and oxygen atoms in total. The minimum Gasteiger partial charge on any atom is -0.497 e. The topological polar surface area (TPSA) is 55.8 Å². The lowest BCUT2D eigenvalue weighted by Gasteiger charge is -2.41. The predicted octanol–water partition coefficient (Wildman–Crippen LogP) is 4.31. The van der Waals surface area contributed by atoms with Gasteiger partial charge in [0.1, 0.15) is 12.0 Å². The van der Waals surface area contributed by atoms with Crippen LogP contribution in [0.15, 0.2) is 36.4 Å². The number of thioether (sulfide) groups is 2. The van der Waals surface area contributed by atoms with Gasteiger partial charge in [-0.3, -0.25) is 4.79 Å². The largest absolute Gasteiger partial charge is 0.497 e. The van der Waals surface area contributed by atoms with Crippen LogP contribution < -0.4 is 4.74 Å². The van der Waals surface area contributed by atoms with E-state index in [0.717, 1.165) is 29.1 Å². The Morgan fingerprint density at radius 3 is 2.59 bits per heavy atom. The molecule has 2 rings (SSSR count). The lowest BCUT2D eigenvalue weighted by molar-refractivity contribution is -0.104. The molecule has 2 atom stereocenters. The van der Waals surface area contributed by atoms with Gasteiger partial charge in [-0.1, -0.05) is 25.1 Å². The van der Waals surface area contributed by atoms with Gasteiger partial charge >= 0.3 is 0 Å². The lowest BCUT2D eigenvalue weighted by Crippen LogP contribution is -2.36. The van der Waals surface area contributed by atoms with Crippen molar-refractivity contribution >= 4 is 29.8 Å². The molecule has 0 spiro atoms. The molecule has 0 saturated carbocycles. The first-order chi connectivity index (χ1) is 13.1. The smallest absolute Gasteiger partial charge is 0.142 e. The molecule has 150 valence electrons. The first kappa shape index (κ1) is 22.3. The zero-order valence-corrected chi connectivity index (χ0v) is 17.8.